The van der Waals surface area contributed by atoms with Crippen LogP contribution in [0.3, 0.4) is 0 Å². The van der Waals surface area contributed by atoms with Gasteiger partial charge in [0, 0.05) is 17.8 Å². The summed E-state index contributed by atoms with van der Waals surface area (Å²) in [4.78, 5) is 22.7. The summed E-state index contributed by atoms with van der Waals surface area (Å²) >= 11 is 7.25. The van der Waals surface area contributed by atoms with Crippen LogP contribution in [0.25, 0.3) is 10.2 Å². The minimum absolute atomic E-state index is 0.224. The van der Waals surface area contributed by atoms with E-state index in [0.717, 1.165) is 10.9 Å². The van der Waals surface area contributed by atoms with E-state index in [1.165, 1.54) is 11.3 Å². The second-order valence-electron chi connectivity index (χ2n) is 5.28. The van der Waals surface area contributed by atoms with Crippen LogP contribution in [-0.2, 0) is 11.3 Å². The molecule has 1 aromatic carbocycles. The number of nitrogens with one attached hydrogen (secondary N) is 1. The smallest absolute Gasteiger partial charge is 0.266 e. The third-order valence-corrected chi connectivity index (χ3v) is 4.98. The van der Waals surface area contributed by atoms with Crippen molar-refractivity contribution >= 4 is 44.7 Å². The van der Waals surface area contributed by atoms with Crippen molar-refractivity contribution in [1.29, 1.82) is 0 Å². The molecule has 8 heteroatoms. The first-order valence-electron chi connectivity index (χ1n) is 7.43. The highest BCUT2D eigenvalue weighted by Gasteiger charge is 2.21. The molecule has 1 amide bonds. The summed E-state index contributed by atoms with van der Waals surface area (Å²) in [5, 5.41) is 4.15. The van der Waals surface area contributed by atoms with Gasteiger partial charge in [0.15, 0.2) is 5.82 Å². The number of fused-ring (bicyclic) bond motifs is 1. The van der Waals surface area contributed by atoms with Gasteiger partial charge in [0.1, 0.15) is 11.4 Å². The molecule has 0 aliphatic heterocycles. The number of rotatable bonds is 5. The molecule has 2 aromatic heterocycles. The summed E-state index contributed by atoms with van der Waals surface area (Å²) in [7, 11) is 3.12. The van der Waals surface area contributed by atoms with E-state index in [1.807, 2.05) is 6.92 Å². The Balaban J connectivity index is 2.01. The molecule has 2 heterocycles. The van der Waals surface area contributed by atoms with Crippen LogP contribution in [0.4, 0.5) is 5.69 Å². The monoisotopic (exact) mass is 377 g/mol. The number of carbonyl (C=O) groups is 1. The van der Waals surface area contributed by atoms with Crippen molar-refractivity contribution in [2.45, 2.75) is 13.5 Å². The second kappa shape index (κ2) is 7.35. The zero-order chi connectivity index (χ0) is 18.0. The van der Waals surface area contributed by atoms with Crippen molar-refractivity contribution in [2.24, 2.45) is 0 Å². The molecule has 0 fully saturated rings. The average molecular weight is 378 g/mol. The number of halogens is 1. The number of methoxy groups -OCH3 is 2. The number of thiophene rings is 1. The lowest BCUT2D eigenvalue weighted by molar-refractivity contribution is 0.103. The number of nitrogens with zero attached hydrogens (tertiary/aromatic N) is 2. The number of aromatic nitrogens is 2. The molecule has 0 aliphatic rings. The summed E-state index contributed by atoms with van der Waals surface area (Å²) in [5.41, 5.74) is 1.41. The fourth-order valence-corrected chi connectivity index (χ4v) is 3.73. The van der Waals surface area contributed by atoms with Gasteiger partial charge in [-0.05, 0) is 30.7 Å². The zero-order valence-corrected chi connectivity index (χ0v) is 15.5. The Morgan fingerprint density at radius 2 is 2.12 bits per heavy atom. The van der Waals surface area contributed by atoms with Crippen LogP contribution in [0.1, 0.15) is 21.1 Å². The van der Waals surface area contributed by atoms with Crippen LogP contribution in [-0.4, -0.2) is 30.1 Å². The van der Waals surface area contributed by atoms with E-state index in [9.17, 15) is 4.79 Å². The number of ether oxygens (including phenoxy) is 2. The van der Waals surface area contributed by atoms with Gasteiger partial charge in [0.2, 0.25) is 5.88 Å². The molecule has 0 saturated heterocycles. The number of benzene rings is 1. The topological polar surface area (TPSA) is 73.3 Å². The van der Waals surface area contributed by atoms with Gasteiger partial charge in [0.05, 0.1) is 17.4 Å². The molecule has 3 aromatic rings. The quantitative estimate of drug-likeness (QED) is 0.725. The maximum atomic E-state index is 12.7. The maximum absolute atomic E-state index is 12.7. The first-order chi connectivity index (χ1) is 12.0. The standard InChI is InChI=1S/C17H16ClN3O3S/c1-9-13-16(24-3)20-12(8-23-2)21-17(13)25-14(9)15(22)19-11-6-4-5-10(18)7-11/h4-7H,8H2,1-3H3,(H,19,22). The van der Waals surface area contributed by atoms with Crippen LogP contribution in [0.15, 0.2) is 24.3 Å². The number of amides is 1. The number of hydrogen-bond acceptors (Lipinski definition) is 6. The minimum Gasteiger partial charge on any atom is -0.480 e. The summed E-state index contributed by atoms with van der Waals surface area (Å²) in [6, 6.07) is 7.00. The Hall–Kier alpha value is -2.22. The highest BCUT2D eigenvalue weighted by molar-refractivity contribution is 7.20. The van der Waals surface area contributed by atoms with Gasteiger partial charge in [-0.15, -0.1) is 11.3 Å². The van der Waals surface area contributed by atoms with Crippen molar-refractivity contribution in [3.8, 4) is 5.88 Å². The Morgan fingerprint density at radius 1 is 1.32 bits per heavy atom. The molecular weight excluding hydrogens is 362 g/mol. The summed E-state index contributed by atoms with van der Waals surface area (Å²) in [6.07, 6.45) is 0. The lowest BCUT2D eigenvalue weighted by atomic mass is 10.2. The van der Waals surface area contributed by atoms with E-state index >= 15 is 0 Å². The molecule has 130 valence electrons. The van der Waals surface area contributed by atoms with Crippen LogP contribution >= 0.6 is 22.9 Å². The van der Waals surface area contributed by atoms with E-state index in [1.54, 1.807) is 38.5 Å². The number of carbonyl (C=O) groups excluding carboxylic acids is 1. The van der Waals surface area contributed by atoms with Crippen molar-refractivity contribution in [3.05, 3.63) is 45.6 Å². The van der Waals surface area contributed by atoms with Gasteiger partial charge in [-0.2, -0.15) is 4.98 Å². The van der Waals surface area contributed by atoms with Gasteiger partial charge in [0.25, 0.3) is 5.91 Å². The Morgan fingerprint density at radius 3 is 2.80 bits per heavy atom. The Labute approximate surface area is 153 Å². The van der Waals surface area contributed by atoms with E-state index in [-0.39, 0.29) is 12.5 Å². The molecule has 3 rings (SSSR count). The van der Waals surface area contributed by atoms with Gasteiger partial charge in [-0.25, -0.2) is 4.98 Å². The zero-order valence-electron chi connectivity index (χ0n) is 13.9. The van der Waals surface area contributed by atoms with E-state index < -0.39 is 0 Å². The SMILES string of the molecule is COCc1nc(OC)c2c(C)c(C(=O)Nc3cccc(Cl)c3)sc2n1. The van der Waals surface area contributed by atoms with E-state index in [0.29, 0.717) is 32.1 Å². The lowest BCUT2D eigenvalue weighted by Crippen LogP contribution is -2.11. The van der Waals surface area contributed by atoms with Crippen molar-refractivity contribution in [3.63, 3.8) is 0 Å². The van der Waals surface area contributed by atoms with E-state index in [2.05, 4.69) is 15.3 Å². The number of hydrogen-bond donors (Lipinski definition) is 1. The summed E-state index contributed by atoms with van der Waals surface area (Å²) in [6.45, 7) is 2.13. The molecule has 1 N–H and O–H groups in total. The van der Waals surface area contributed by atoms with Crippen LogP contribution in [0.5, 0.6) is 5.88 Å². The maximum Gasteiger partial charge on any atom is 0.266 e. The fraction of sp³-hybridized carbons (Fsp3) is 0.235. The van der Waals surface area contributed by atoms with Crippen LogP contribution in [0, 0.1) is 6.92 Å². The highest BCUT2D eigenvalue weighted by Crippen LogP contribution is 2.35. The average Bonchev–Trinajstić information content (AvgIpc) is 2.91. The van der Waals surface area contributed by atoms with Gasteiger partial charge in [-0.3, -0.25) is 4.79 Å². The molecule has 0 spiro atoms. The van der Waals surface area contributed by atoms with Crippen LogP contribution < -0.4 is 10.1 Å². The van der Waals surface area contributed by atoms with Crippen molar-refractivity contribution in [2.75, 3.05) is 19.5 Å². The van der Waals surface area contributed by atoms with Crippen molar-refractivity contribution in [1.82, 2.24) is 9.97 Å². The molecule has 0 radical (unpaired) electrons. The predicted octanol–water partition coefficient (Wildman–Crippen LogP) is 4.06. The lowest BCUT2D eigenvalue weighted by Gasteiger charge is -2.05. The highest BCUT2D eigenvalue weighted by atomic mass is 35.5. The molecule has 0 aliphatic carbocycles. The van der Waals surface area contributed by atoms with Gasteiger partial charge >= 0.3 is 0 Å². The molecule has 0 unspecified atom stereocenters. The summed E-state index contributed by atoms with van der Waals surface area (Å²) in [5.74, 6) is 0.723. The Kier molecular flexibility index (Phi) is 5.17. The first-order valence-corrected chi connectivity index (χ1v) is 8.62. The molecule has 6 nitrogen and oxygen atoms in total. The second-order valence-corrected chi connectivity index (χ2v) is 6.72. The third-order valence-electron chi connectivity index (χ3n) is 3.56. The summed E-state index contributed by atoms with van der Waals surface area (Å²) < 4.78 is 10.5. The largest absolute Gasteiger partial charge is 0.480 e. The molecule has 0 atom stereocenters. The normalized spacial score (nSPS) is 10.9. The third kappa shape index (κ3) is 3.58. The predicted molar refractivity (Wildman–Crippen MR) is 98.8 cm³/mol. The van der Waals surface area contributed by atoms with Crippen molar-refractivity contribution < 1.29 is 14.3 Å². The minimum atomic E-state index is -0.224. The fourth-order valence-electron chi connectivity index (χ4n) is 2.46. The Bertz CT molecular complexity index is 942. The van der Waals surface area contributed by atoms with Crippen LogP contribution in [0.2, 0.25) is 5.02 Å². The molecule has 0 saturated carbocycles. The molecule has 25 heavy (non-hydrogen) atoms. The number of anilines is 1. The van der Waals surface area contributed by atoms with E-state index in [4.69, 9.17) is 21.1 Å². The molecular formula is C17H16ClN3O3S. The molecule has 0 bridgehead atoms. The first kappa shape index (κ1) is 17.6. The number of aryl methyl sites for hydroxylation is 1. The van der Waals surface area contributed by atoms with Gasteiger partial charge < -0.3 is 14.8 Å². The van der Waals surface area contributed by atoms with Gasteiger partial charge in [-0.1, -0.05) is 17.7 Å².